The van der Waals surface area contributed by atoms with Crippen molar-refractivity contribution in [3.8, 4) is 0 Å². The second kappa shape index (κ2) is 7.41. The SMILES string of the molecule is O=C1NC[C@@H](c2ccccc2)[C@@H]1C(=O)N/N=C\c1ccc2ccccc2c1. The Hall–Kier alpha value is -3.47. The Morgan fingerprint density at radius 1 is 1.00 bits per heavy atom. The highest BCUT2D eigenvalue weighted by Crippen LogP contribution is 2.29. The quantitative estimate of drug-likeness (QED) is 0.428. The molecule has 0 spiro atoms. The van der Waals surface area contributed by atoms with Crippen LogP contribution in [0.4, 0.5) is 0 Å². The van der Waals surface area contributed by atoms with Crippen LogP contribution in [0.3, 0.4) is 0 Å². The lowest BCUT2D eigenvalue weighted by atomic mass is 9.88. The monoisotopic (exact) mass is 357 g/mol. The summed E-state index contributed by atoms with van der Waals surface area (Å²) in [5.74, 6) is -1.62. The van der Waals surface area contributed by atoms with E-state index >= 15 is 0 Å². The number of hydrazone groups is 1. The molecule has 3 aromatic carbocycles. The molecule has 4 rings (SSSR count). The molecule has 0 unspecified atom stereocenters. The van der Waals surface area contributed by atoms with E-state index in [-0.39, 0.29) is 11.8 Å². The second-order valence-corrected chi connectivity index (χ2v) is 6.58. The summed E-state index contributed by atoms with van der Waals surface area (Å²) in [6.07, 6.45) is 1.59. The van der Waals surface area contributed by atoms with E-state index in [1.807, 2.05) is 72.8 Å². The molecule has 1 fully saturated rings. The van der Waals surface area contributed by atoms with Crippen LogP contribution in [0.5, 0.6) is 0 Å². The van der Waals surface area contributed by atoms with E-state index in [9.17, 15) is 9.59 Å². The number of carbonyl (C=O) groups excluding carboxylic acids is 2. The van der Waals surface area contributed by atoms with Gasteiger partial charge >= 0.3 is 0 Å². The molecule has 5 heteroatoms. The van der Waals surface area contributed by atoms with Gasteiger partial charge in [0.25, 0.3) is 5.91 Å². The van der Waals surface area contributed by atoms with Gasteiger partial charge < -0.3 is 5.32 Å². The molecule has 1 aliphatic heterocycles. The Morgan fingerprint density at radius 3 is 2.56 bits per heavy atom. The molecule has 0 bridgehead atoms. The molecule has 2 atom stereocenters. The van der Waals surface area contributed by atoms with Gasteiger partial charge in [-0.3, -0.25) is 9.59 Å². The highest BCUT2D eigenvalue weighted by atomic mass is 16.2. The van der Waals surface area contributed by atoms with Crippen molar-refractivity contribution in [1.29, 1.82) is 0 Å². The van der Waals surface area contributed by atoms with Crippen LogP contribution in [0, 0.1) is 5.92 Å². The Morgan fingerprint density at radius 2 is 1.74 bits per heavy atom. The summed E-state index contributed by atoms with van der Waals surface area (Å²) in [4.78, 5) is 24.7. The van der Waals surface area contributed by atoms with Gasteiger partial charge in [0.2, 0.25) is 5.91 Å². The van der Waals surface area contributed by atoms with Gasteiger partial charge in [-0.05, 0) is 28.0 Å². The average molecular weight is 357 g/mol. The number of nitrogens with zero attached hydrogens (tertiary/aromatic N) is 1. The molecule has 0 aliphatic carbocycles. The van der Waals surface area contributed by atoms with Gasteiger partial charge in [0.05, 0.1) is 6.21 Å². The minimum atomic E-state index is -0.777. The highest BCUT2D eigenvalue weighted by molar-refractivity contribution is 6.03. The van der Waals surface area contributed by atoms with Crippen LogP contribution in [0.2, 0.25) is 0 Å². The molecule has 27 heavy (non-hydrogen) atoms. The summed E-state index contributed by atoms with van der Waals surface area (Å²) in [7, 11) is 0. The molecule has 5 nitrogen and oxygen atoms in total. The molecule has 1 aliphatic rings. The summed E-state index contributed by atoms with van der Waals surface area (Å²) in [6, 6.07) is 23.6. The Kier molecular flexibility index (Phi) is 4.66. The lowest BCUT2D eigenvalue weighted by Gasteiger charge is -2.15. The molecular weight excluding hydrogens is 338 g/mol. The van der Waals surface area contributed by atoms with Crippen molar-refractivity contribution in [3.63, 3.8) is 0 Å². The number of hydrogen-bond acceptors (Lipinski definition) is 3. The normalized spacial score (nSPS) is 19.3. The number of carbonyl (C=O) groups is 2. The zero-order valence-electron chi connectivity index (χ0n) is 14.6. The van der Waals surface area contributed by atoms with Crippen LogP contribution in [-0.4, -0.2) is 24.6 Å². The molecule has 2 amide bonds. The third kappa shape index (κ3) is 3.58. The molecule has 2 N–H and O–H groups in total. The van der Waals surface area contributed by atoms with Crippen LogP contribution in [0.15, 0.2) is 77.9 Å². The molecule has 3 aromatic rings. The van der Waals surface area contributed by atoms with Crippen molar-refractivity contribution in [1.82, 2.24) is 10.7 Å². The van der Waals surface area contributed by atoms with Gasteiger partial charge in [0.15, 0.2) is 0 Å². The molecule has 1 heterocycles. The van der Waals surface area contributed by atoms with E-state index in [4.69, 9.17) is 0 Å². The maximum atomic E-state index is 12.6. The van der Waals surface area contributed by atoms with Crippen LogP contribution in [0.25, 0.3) is 10.8 Å². The summed E-state index contributed by atoms with van der Waals surface area (Å²) in [5.41, 5.74) is 4.37. The molecule has 134 valence electrons. The highest BCUT2D eigenvalue weighted by Gasteiger charge is 2.40. The maximum Gasteiger partial charge on any atom is 0.253 e. The van der Waals surface area contributed by atoms with Gasteiger partial charge in [-0.25, -0.2) is 5.43 Å². The standard InChI is InChI=1S/C22H19N3O2/c26-21-20(19(14-23-21)17-7-2-1-3-8-17)22(27)25-24-13-15-10-11-16-6-4-5-9-18(16)12-15/h1-13,19-20H,14H2,(H,23,26)(H,25,27)/b24-13-/t19-,20-/m0/s1. The lowest BCUT2D eigenvalue weighted by Crippen LogP contribution is -2.34. The fourth-order valence-corrected chi connectivity index (χ4v) is 3.46. The zero-order valence-corrected chi connectivity index (χ0v) is 14.6. The van der Waals surface area contributed by atoms with Crippen molar-refractivity contribution in [2.75, 3.05) is 6.54 Å². The first-order valence-electron chi connectivity index (χ1n) is 8.87. The lowest BCUT2D eigenvalue weighted by molar-refractivity contribution is -0.133. The van der Waals surface area contributed by atoms with Crippen LogP contribution >= 0.6 is 0 Å². The first-order valence-corrected chi connectivity index (χ1v) is 8.87. The number of hydrogen-bond donors (Lipinski definition) is 2. The van der Waals surface area contributed by atoms with E-state index in [1.54, 1.807) is 6.21 Å². The summed E-state index contributed by atoms with van der Waals surface area (Å²) in [5, 5.41) is 9.08. The van der Waals surface area contributed by atoms with E-state index < -0.39 is 11.8 Å². The molecule has 0 saturated carbocycles. The summed E-state index contributed by atoms with van der Waals surface area (Å²) < 4.78 is 0. The van der Waals surface area contributed by atoms with E-state index in [2.05, 4.69) is 15.8 Å². The summed E-state index contributed by atoms with van der Waals surface area (Å²) in [6.45, 7) is 0.454. The minimum absolute atomic E-state index is 0.186. The fraction of sp³-hybridized carbons (Fsp3) is 0.136. The van der Waals surface area contributed by atoms with E-state index in [1.165, 1.54) is 0 Å². The summed E-state index contributed by atoms with van der Waals surface area (Å²) >= 11 is 0. The zero-order chi connectivity index (χ0) is 18.6. The molecule has 0 aromatic heterocycles. The number of benzene rings is 3. The number of amides is 2. The van der Waals surface area contributed by atoms with Crippen molar-refractivity contribution in [3.05, 3.63) is 83.9 Å². The minimum Gasteiger partial charge on any atom is -0.355 e. The predicted octanol–water partition coefficient (Wildman–Crippen LogP) is 2.82. The Labute approximate surface area is 157 Å². The average Bonchev–Trinajstić information content (AvgIpc) is 3.10. The fourth-order valence-electron chi connectivity index (χ4n) is 3.46. The van der Waals surface area contributed by atoms with Gasteiger partial charge in [0.1, 0.15) is 5.92 Å². The maximum absolute atomic E-state index is 12.6. The van der Waals surface area contributed by atoms with Crippen LogP contribution in [-0.2, 0) is 9.59 Å². The van der Waals surface area contributed by atoms with Crippen LogP contribution < -0.4 is 10.7 Å². The van der Waals surface area contributed by atoms with Crippen molar-refractivity contribution >= 4 is 28.8 Å². The topological polar surface area (TPSA) is 70.6 Å². The molecule has 0 radical (unpaired) electrons. The third-order valence-corrected chi connectivity index (χ3v) is 4.85. The molecular formula is C22H19N3O2. The van der Waals surface area contributed by atoms with Crippen molar-refractivity contribution in [2.24, 2.45) is 11.0 Å². The van der Waals surface area contributed by atoms with E-state index in [0.29, 0.717) is 6.54 Å². The van der Waals surface area contributed by atoms with Gasteiger partial charge in [-0.1, -0.05) is 66.7 Å². The van der Waals surface area contributed by atoms with Crippen LogP contribution in [0.1, 0.15) is 17.0 Å². The Balaban J connectivity index is 1.47. The number of nitrogens with one attached hydrogen (secondary N) is 2. The largest absolute Gasteiger partial charge is 0.355 e. The van der Waals surface area contributed by atoms with E-state index in [0.717, 1.165) is 21.9 Å². The molecule has 1 saturated heterocycles. The number of fused-ring (bicyclic) bond motifs is 1. The van der Waals surface area contributed by atoms with Crippen molar-refractivity contribution < 1.29 is 9.59 Å². The van der Waals surface area contributed by atoms with Crippen molar-refractivity contribution in [2.45, 2.75) is 5.92 Å². The van der Waals surface area contributed by atoms with Gasteiger partial charge in [-0.2, -0.15) is 5.10 Å². The first kappa shape index (κ1) is 17.0. The Bertz CT molecular complexity index is 1010. The van der Waals surface area contributed by atoms with Gasteiger partial charge in [-0.15, -0.1) is 0 Å². The second-order valence-electron chi connectivity index (χ2n) is 6.58. The number of rotatable bonds is 4. The smallest absolute Gasteiger partial charge is 0.253 e. The van der Waals surface area contributed by atoms with Gasteiger partial charge in [0, 0.05) is 12.5 Å². The first-order chi connectivity index (χ1) is 13.2. The third-order valence-electron chi connectivity index (χ3n) is 4.85. The predicted molar refractivity (Wildman–Crippen MR) is 105 cm³/mol.